The second-order valence-electron chi connectivity index (χ2n) is 3.73. The molecule has 0 aliphatic carbocycles. The lowest BCUT2D eigenvalue weighted by atomic mass is 9.94. The molecule has 1 aromatic rings. The number of aromatic nitrogens is 1. The molecule has 0 radical (unpaired) electrons. The zero-order valence-electron chi connectivity index (χ0n) is 8.31. The third-order valence-electron chi connectivity index (χ3n) is 2.69. The molecule has 1 fully saturated rings. The van der Waals surface area contributed by atoms with Crippen LogP contribution in [0.3, 0.4) is 0 Å². The van der Waals surface area contributed by atoms with E-state index in [-0.39, 0.29) is 5.56 Å². The topological polar surface area (TPSA) is 72.6 Å². The molecule has 2 heterocycles. The molecule has 5 nitrogen and oxygen atoms in total. The normalized spacial score (nSPS) is 17.9. The summed E-state index contributed by atoms with van der Waals surface area (Å²) in [5, 5.41) is 12.4. The highest BCUT2D eigenvalue weighted by molar-refractivity contribution is 5.88. The van der Waals surface area contributed by atoms with Crippen molar-refractivity contribution in [2.45, 2.75) is 19.3 Å². The zero-order chi connectivity index (χ0) is 10.7. The van der Waals surface area contributed by atoms with Gasteiger partial charge in [-0.15, -0.1) is 0 Å². The molecule has 1 aliphatic rings. The summed E-state index contributed by atoms with van der Waals surface area (Å²) in [6.45, 7) is 1.50. The zero-order valence-corrected chi connectivity index (χ0v) is 8.31. The Hall–Kier alpha value is -1.36. The van der Waals surface area contributed by atoms with Crippen molar-refractivity contribution in [1.29, 1.82) is 0 Å². The molecule has 0 atom stereocenters. The van der Waals surface area contributed by atoms with E-state index < -0.39 is 5.97 Å². The summed E-state index contributed by atoms with van der Waals surface area (Å²) in [5.41, 5.74) is 0.182. The van der Waals surface area contributed by atoms with Gasteiger partial charge in [-0.2, -0.15) is 0 Å². The van der Waals surface area contributed by atoms with Gasteiger partial charge in [-0.1, -0.05) is 5.16 Å². The van der Waals surface area contributed by atoms with Crippen molar-refractivity contribution in [2.75, 3.05) is 13.2 Å². The third-order valence-corrected chi connectivity index (χ3v) is 2.69. The van der Waals surface area contributed by atoms with Gasteiger partial charge < -0.3 is 14.4 Å². The molecule has 0 spiro atoms. The molecular weight excluding hydrogens is 198 g/mol. The van der Waals surface area contributed by atoms with Gasteiger partial charge in [0.1, 0.15) is 5.56 Å². The number of hydrogen-bond acceptors (Lipinski definition) is 4. The standard InChI is InChI=1S/C10H13NO4/c12-10(13)8-6-11-15-9(8)5-7-1-3-14-4-2-7/h6-7H,1-5H2,(H,12,13). The Kier molecular flexibility index (Phi) is 3.01. The monoisotopic (exact) mass is 211 g/mol. The second-order valence-corrected chi connectivity index (χ2v) is 3.73. The van der Waals surface area contributed by atoms with Crippen molar-refractivity contribution >= 4 is 5.97 Å². The van der Waals surface area contributed by atoms with Gasteiger partial charge in [0, 0.05) is 19.6 Å². The number of carbonyl (C=O) groups is 1. The van der Waals surface area contributed by atoms with E-state index in [9.17, 15) is 4.79 Å². The van der Waals surface area contributed by atoms with E-state index in [1.54, 1.807) is 0 Å². The predicted molar refractivity (Wildman–Crippen MR) is 50.7 cm³/mol. The highest BCUT2D eigenvalue weighted by atomic mass is 16.5. The second kappa shape index (κ2) is 4.44. The van der Waals surface area contributed by atoms with Crippen LogP contribution < -0.4 is 0 Å². The summed E-state index contributed by atoms with van der Waals surface area (Å²) >= 11 is 0. The molecule has 0 saturated carbocycles. The number of carboxylic acid groups (broad SMARTS) is 1. The predicted octanol–water partition coefficient (Wildman–Crippen LogP) is 1.34. The van der Waals surface area contributed by atoms with Crippen LogP contribution in [0.5, 0.6) is 0 Å². The SMILES string of the molecule is O=C(O)c1cnoc1CC1CCOCC1. The molecule has 1 aromatic heterocycles. The number of aromatic carboxylic acids is 1. The largest absolute Gasteiger partial charge is 0.478 e. The lowest BCUT2D eigenvalue weighted by Gasteiger charge is -2.20. The minimum absolute atomic E-state index is 0.182. The van der Waals surface area contributed by atoms with E-state index in [0.29, 0.717) is 18.1 Å². The van der Waals surface area contributed by atoms with Crippen LogP contribution in [0.4, 0.5) is 0 Å². The molecular formula is C10H13NO4. The minimum atomic E-state index is -0.974. The fraction of sp³-hybridized carbons (Fsp3) is 0.600. The van der Waals surface area contributed by atoms with E-state index in [0.717, 1.165) is 26.1 Å². The molecule has 15 heavy (non-hydrogen) atoms. The van der Waals surface area contributed by atoms with Crippen molar-refractivity contribution in [2.24, 2.45) is 5.92 Å². The molecule has 1 N–H and O–H groups in total. The minimum Gasteiger partial charge on any atom is -0.478 e. The molecule has 82 valence electrons. The number of nitrogens with zero attached hydrogens (tertiary/aromatic N) is 1. The smallest absolute Gasteiger partial charge is 0.340 e. The quantitative estimate of drug-likeness (QED) is 0.816. The lowest BCUT2D eigenvalue weighted by Crippen LogP contribution is -2.18. The van der Waals surface area contributed by atoms with E-state index in [2.05, 4.69) is 5.16 Å². The maximum absolute atomic E-state index is 10.8. The van der Waals surface area contributed by atoms with E-state index >= 15 is 0 Å². The molecule has 5 heteroatoms. The Labute approximate surface area is 87.0 Å². The first-order chi connectivity index (χ1) is 7.27. The highest BCUT2D eigenvalue weighted by Gasteiger charge is 2.21. The summed E-state index contributed by atoms with van der Waals surface area (Å²) in [7, 11) is 0. The Balaban J connectivity index is 2.03. The van der Waals surface area contributed by atoms with Crippen LogP contribution >= 0.6 is 0 Å². The van der Waals surface area contributed by atoms with Gasteiger partial charge in [-0.25, -0.2) is 4.79 Å². The van der Waals surface area contributed by atoms with Gasteiger partial charge in [0.25, 0.3) is 0 Å². The van der Waals surface area contributed by atoms with E-state index in [4.69, 9.17) is 14.4 Å². The van der Waals surface area contributed by atoms with Gasteiger partial charge in [-0.3, -0.25) is 0 Å². The molecule has 0 amide bonds. The average Bonchev–Trinajstić information content (AvgIpc) is 2.67. The fourth-order valence-corrected chi connectivity index (χ4v) is 1.80. The Bertz CT molecular complexity index is 341. The van der Waals surface area contributed by atoms with Crippen LogP contribution in [0.2, 0.25) is 0 Å². The van der Waals surface area contributed by atoms with Gasteiger partial charge in [0.15, 0.2) is 5.76 Å². The first kappa shape index (κ1) is 10.2. The van der Waals surface area contributed by atoms with Crippen LogP contribution in [-0.4, -0.2) is 29.4 Å². The Morgan fingerprint density at radius 3 is 2.93 bits per heavy atom. The van der Waals surface area contributed by atoms with Gasteiger partial charge >= 0.3 is 5.97 Å². The molecule has 0 bridgehead atoms. The number of hydrogen-bond donors (Lipinski definition) is 1. The molecule has 2 rings (SSSR count). The van der Waals surface area contributed by atoms with Crippen LogP contribution in [0, 0.1) is 5.92 Å². The molecule has 1 aliphatic heterocycles. The van der Waals surface area contributed by atoms with Gasteiger partial charge in [0.05, 0.1) is 6.20 Å². The average molecular weight is 211 g/mol. The molecule has 1 saturated heterocycles. The first-order valence-corrected chi connectivity index (χ1v) is 5.02. The van der Waals surface area contributed by atoms with Crippen molar-refractivity contribution in [3.63, 3.8) is 0 Å². The summed E-state index contributed by atoms with van der Waals surface area (Å²) in [4.78, 5) is 10.8. The van der Waals surface area contributed by atoms with Gasteiger partial charge in [0.2, 0.25) is 0 Å². The summed E-state index contributed by atoms with van der Waals surface area (Å²) in [6.07, 6.45) is 3.82. The van der Waals surface area contributed by atoms with E-state index in [1.807, 2.05) is 0 Å². The summed E-state index contributed by atoms with van der Waals surface area (Å²) < 4.78 is 10.2. The molecule has 0 unspecified atom stereocenters. The van der Waals surface area contributed by atoms with Crippen LogP contribution in [0.15, 0.2) is 10.7 Å². The Morgan fingerprint density at radius 2 is 2.27 bits per heavy atom. The summed E-state index contributed by atoms with van der Waals surface area (Å²) in [5.74, 6) is -0.0440. The van der Waals surface area contributed by atoms with Crippen LogP contribution in [-0.2, 0) is 11.2 Å². The van der Waals surface area contributed by atoms with Crippen molar-refractivity contribution in [3.05, 3.63) is 17.5 Å². The maximum Gasteiger partial charge on any atom is 0.340 e. The highest BCUT2D eigenvalue weighted by Crippen LogP contribution is 2.21. The number of rotatable bonds is 3. The fourth-order valence-electron chi connectivity index (χ4n) is 1.80. The lowest BCUT2D eigenvalue weighted by molar-refractivity contribution is 0.0636. The third kappa shape index (κ3) is 2.36. The molecule has 0 aromatic carbocycles. The van der Waals surface area contributed by atoms with Gasteiger partial charge in [-0.05, 0) is 18.8 Å². The van der Waals surface area contributed by atoms with E-state index in [1.165, 1.54) is 6.20 Å². The maximum atomic E-state index is 10.8. The van der Waals surface area contributed by atoms with Crippen LogP contribution in [0.25, 0.3) is 0 Å². The number of ether oxygens (including phenoxy) is 1. The number of carboxylic acids is 1. The summed E-state index contributed by atoms with van der Waals surface area (Å²) in [6, 6.07) is 0. The first-order valence-electron chi connectivity index (χ1n) is 5.02. The van der Waals surface area contributed by atoms with Crippen molar-refractivity contribution in [3.8, 4) is 0 Å². The van der Waals surface area contributed by atoms with Crippen LogP contribution in [0.1, 0.15) is 29.0 Å². The van der Waals surface area contributed by atoms with Crippen molar-refractivity contribution < 1.29 is 19.2 Å². The Morgan fingerprint density at radius 1 is 1.53 bits per heavy atom. The van der Waals surface area contributed by atoms with Crippen molar-refractivity contribution in [1.82, 2.24) is 5.16 Å².